The van der Waals surface area contributed by atoms with Gasteiger partial charge in [-0.1, -0.05) is 20.8 Å². The summed E-state index contributed by atoms with van der Waals surface area (Å²) in [5, 5.41) is 0. The molecule has 0 bridgehead atoms. The molecule has 2 N–H and O–H groups in total. The molecule has 0 aromatic heterocycles. The molecule has 0 aromatic carbocycles. The molecule has 0 amide bonds. The molecule has 0 aliphatic heterocycles. The van der Waals surface area contributed by atoms with Gasteiger partial charge in [-0.25, -0.2) is 0 Å². The maximum Gasteiger partial charge on any atom is 0.0134 e. The monoisotopic (exact) mass is 181 g/mol. The second kappa shape index (κ2) is 2.31. The molecule has 2 rings (SSSR count). The predicted molar refractivity (Wildman–Crippen MR) is 56.3 cm³/mol. The third-order valence-electron chi connectivity index (χ3n) is 4.52. The van der Waals surface area contributed by atoms with Crippen LogP contribution in [0.5, 0.6) is 0 Å². The van der Waals surface area contributed by atoms with E-state index in [1.165, 1.54) is 6.42 Å². The van der Waals surface area contributed by atoms with Crippen LogP contribution >= 0.6 is 0 Å². The SMILES string of the molecule is CC(C)C1CC2(C)C1C2C(C)(C)N. The first kappa shape index (κ1) is 9.51. The number of hydrogen-bond acceptors (Lipinski definition) is 1. The zero-order valence-electron chi connectivity index (χ0n) is 9.59. The quantitative estimate of drug-likeness (QED) is 0.696. The summed E-state index contributed by atoms with van der Waals surface area (Å²) >= 11 is 0. The summed E-state index contributed by atoms with van der Waals surface area (Å²) in [4.78, 5) is 0. The van der Waals surface area contributed by atoms with Crippen LogP contribution in [-0.4, -0.2) is 5.54 Å². The van der Waals surface area contributed by atoms with Crippen molar-refractivity contribution in [3.05, 3.63) is 0 Å². The van der Waals surface area contributed by atoms with E-state index in [2.05, 4.69) is 34.6 Å². The fourth-order valence-corrected chi connectivity index (χ4v) is 4.04. The summed E-state index contributed by atoms with van der Waals surface area (Å²) in [5.74, 6) is 3.53. The van der Waals surface area contributed by atoms with Gasteiger partial charge in [0.05, 0.1) is 0 Å². The number of fused-ring (bicyclic) bond motifs is 1. The highest BCUT2D eigenvalue weighted by molar-refractivity contribution is 5.24. The molecule has 0 spiro atoms. The lowest BCUT2D eigenvalue weighted by molar-refractivity contribution is 0.144. The molecule has 13 heavy (non-hydrogen) atoms. The van der Waals surface area contributed by atoms with Crippen molar-refractivity contribution in [3.63, 3.8) is 0 Å². The Morgan fingerprint density at radius 3 is 2.15 bits per heavy atom. The van der Waals surface area contributed by atoms with Gasteiger partial charge in [-0.15, -0.1) is 0 Å². The van der Waals surface area contributed by atoms with E-state index in [-0.39, 0.29) is 5.54 Å². The summed E-state index contributed by atoms with van der Waals surface area (Å²) < 4.78 is 0. The highest BCUT2D eigenvalue weighted by atomic mass is 14.9. The molecular weight excluding hydrogens is 158 g/mol. The Hall–Kier alpha value is -0.0400. The van der Waals surface area contributed by atoms with Crippen LogP contribution in [-0.2, 0) is 0 Å². The fraction of sp³-hybridized carbons (Fsp3) is 1.00. The van der Waals surface area contributed by atoms with Gasteiger partial charge >= 0.3 is 0 Å². The van der Waals surface area contributed by atoms with E-state index >= 15 is 0 Å². The van der Waals surface area contributed by atoms with Crippen molar-refractivity contribution >= 4 is 0 Å². The Bertz CT molecular complexity index is 226. The lowest BCUT2D eigenvalue weighted by Crippen LogP contribution is -2.36. The lowest BCUT2D eigenvalue weighted by Gasteiger charge is -2.34. The first-order chi connectivity index (χ1) is 5.78. The standard InChI is InChI=1S/C12H23N/c1-7(2)8-6-12(5)9(8)10(12)11(3,4)13/h7-10H,6,13H2,1-5H3. The molecule has 0 saturated heterocycles. The van der Waals surface area contributed by atoms with Crippen molar-refractivity contribution in [2.45, 2.75) is 46.6 Å². The molecule has 0 heterocycles. The highest BCUT2D eigenvalue weighted by Crippen LogP contribution is 2.78. The summed E-state index contributed by atoms with van der Waals surface area (Å²) in [7, 11) is 0. The Kier molecular flexibility index (Phi) is 1.69. The predicted octanol–water partition coefficient (Wildman–Crippen LogP) is 2.65. The van der Waals surface area contributed by atoms with Crippen LogP contribution in [0.25, 0.3) is 0 Å². The van der Waals surface area contributed by atoms with Gasteiger partial charge in [-0.05, 0) is 49.4 Å². The third-order valence-corrected chi connectivity index (χ3v) is 4.52. The van der Waals surface area contributed by atoms with Crippen molar-refractivity contribution in [1.29, 1.82) is 0 Å². The molecule has 0 aromatic rings. The number of rotatable bonds is 2. The minimum Gasteiger partial charge on any atom is -0.325 e. The van der Waals surface area contributed by atoms with Gasteiger partial charge in [-0.2, -0.15) is 0 Å². The van der Waals surface area contributed by atoms with Gasteiger partial charge in [-0.3, -0.25) is 0 Å². The first-order valence-corrected chi connectivity index (χ1v) is 5.57. The van der Waals surface area contributed by atoms with Crippen LogP contribution in [0.2, 0.25) is 0 Å². The molecule has 2 aliphatic carbocycles. The topological polar surface area (TPSA) is 26.0 Å². The molecule has 0 radical (unpaired) electrons. The van der Waals surface area contributed by atoms with Crippen molar-refractivity contribution in [1.82, 2.24) is 0 Å². The van der Waals surface area contributed by atoms with E-state index < -0.39 is 0 Å². The van der Waals surface area contributed by atoms with Crippen LogP contribution in [0.4, 0.5) is 0 Å². The molecule has 76 valence electrons. The zero-order valence-corrected chi connectivity index (χ0v) is 9.59. The van der Waals surface area contributed by atoms with E-state index in [4.69, 9.17) is 5.73 Å². The lowest BCUT2D eigenvalue weighted by atomic mass is 9.70. The van der Waals surface area contributed by atoms with Crippen molar-refractivity contribution < 1.29 is 0 Å². The Balaban J connectivity index is 2.07. The van der Waals surface area contributed by atoms with Crippen molar-refractivity contribution in [2.24, 2.45) is 34.8 Å². The summed E-state index contributed by atoms with van der Waals surface area (Å²) in [6.07, 6.45) is 1.42. The average Bonchev–Trinajstić information content (AvgIpc) is 2.34. The number of hydrogen-bond donors (Lipinski definition) is 1. The molecule has 2 saturated carbocycles. The average molecular weight is 181 g/mol. The number of nitrogens with two attached hydrogens (primary N) is 1. The van der Waals surface area contributed by atoms with Crippen LogP contribution in [0.15, 0.2) is 0 Å². The van der Waals surface area contributed by atoms with Crippen LogP contribution in [0, 0.1) is 29.1 Å². The molecule has 1 heteroatoms. The van der Waals surface area contributed by atoms with Gasteiger partial charge in [0.2, 0.25) is 0 Å². The fourth-order valence-electron chi connectivity index (χ4n) is 4.04. The second-order valence-corrected chi connectivity index (χ2v) is 6.44. The molecule has 4 unspecified atom stereocenters. The van der Waals surface area contributed by atoms with Crippen molar-refractivity contribution in [2.75, 3.05) is 0 Å². The Labute approximate surface area is 82.1 Å². The summed E-state index contributed by atoms with van der Waals surface area (Å²) in [5.41, 5.74) is 6.87. The van der Waals surface area contributed by atoms with E-state index in [0.717, 1.165) is 23.7 Å². The van der Waals surface area contributed by atoms with Crippen LogP contribution < -0.4 is 5.73 Å². The highest BCUT2D eigenvalue weighted by Gasteiger charge is 2.75. The first-order valence-electron chi connectivity index (χ1n) is 5.57. The maximum absolute atomic E-state index is 6.21. The van der Waals surface area contributed by atoms with Crippen molar-refractivity contribution in [3.8, 4) is 0 Å². The minimum atomic E-state index is 0.0447. The molecule has 2 fully saturated rings. The van der Waals surface area contributed by atoms with E-state index in [0.29, 0.717) is 5.41 Å². The molecular formula is C12H23N. The van der Waals surface area contributed by atoms with Gasteiger partial charge < -0.3 is 5.73 Å². The largest absolute Gasteiger partial charge is 0.325 e. The smallest absolute Gasteiger partial charge is 0.0134 e. The van der Waals surface area contributed by atoms with Gasteiger partial charge in [0, 0.05) is 5.54 Å². The van der Waals surface area contributed by atoms with E-state index in [1.807, 2.05) is 0 Å². The van der Waals surface area contributed by atoms with Gasteiger partial charge in [0.15, 0.2) is 0 Å². The maximum atomic E-state index is 6.21. The normalized spacial score (nSPS) is 48.7. The zero-order chi connectivity index (χ0) is 10.0. The van der Waals surface area contributed by atoms with Crippen LogP contribution in [0.3, 0.4) is 0 Å². The van der Waals surface area contributed by atoms with E-state index in [1.54, 1.807) is 0 Å². The second-order valence-electron chi connectivity index (χ2n) is 6.44. The van der Waals surface area contributed by atoms with Gasteiger partial charge in [0.1, 0.15) is 0 Å². The summed E-state index contributed by atoms with van der Waals surface area (Å²) in [6, 6.07) is 0. The molecule has 4 atom stereocenters. The van der Waals surface area contributed by atoms with Crippen LogP contribution in [0.1, 0.15) is 41.0 Å². The minimum absolute atomic E-state index is 0.0447. The molecule has 1 nitrogen and oxygen atoms in total. The Morgan fingerprint density at radius 2 is 1.92 bits per heavy atom. The Morgan fingerprint density at radius 1 is 1.38 bits per heavy atom. The molecule has 2 aliphatic rings. The third kappa shape index (κ3) is 1.09. The van der Waals surface area contributed by atoms with Gasteiger partial charge in [0.25, 0.3) is 0 Å². The summed E-state index contributed by atoms with van der Waals surface area (Å²) in [6.45, 7) is 11.5. The van der Waals surface area contributed by atoms with E-state index in [9.17, 15) is 0 Å².